The monoisotopic (exact) mass is 408 g/mol. The Hall–Kier alpha value is -1.22. The van der Waals surface area contributed by atoms with E-state index in [0.29, 0.717) is 21.0 Å². The second-order valence-electron chi connectivity index (χ2n) is 7.45. The summed E-state index contributed by atoms with van der Waals surface area (Å²) < 4.78 is 0. The summed E-state index contributed by atoms with van der Waals surface area (Å²) in [7, 11) is 0. The molecule has 0 bridgehead atoms. The summed E-state index contributed by atoms with van der Waals surface area (Å²) in [4.78, 5) is 6.95. The maximum Gasteiger partial charge on any atom is 0.0645 e. The van der Waals surface area contributed by atoms with Crippen molar-refractivity contribution < 1.29 is 0 Å². The van der Waals surface area contributed by atoms with Crippen LogP contribution in [0.25, 0.3) is 0 Å². The lowest BCUT2D eigenvalue weighted by atomic mass is 9.79. The Morgan fingerprint density at radius 2 is 1.85 bits per heavy atom. The lowest BCUT2D eigenvalue weighted by Crippen LogP contribution is -2.48. The fourth-order valence-corrected chi connectivity index (χ4v) is 4.43. The molecule has 0 radical (unpaired) electrons. The van der Waals surface area contributed by atoms with Crippen LogP contribution in [0.3, 0.4) is 0 Å². The Labute approximate surface area is 170 Å². The van der Waals surface area contributed by atoms with Crippen LogP contribution in [0.15, 0.2) is 35.3 Å². The number of hydrogen-bond donors (Lipinski definition) is 0. The highest BCUT2D eigenvalue weighted by atomic mass is 35.5. The van der Waals surface area contributed by atoms with Gasteiger partial charge in [-0.15, -0.1) is 0 Å². The molecule has 0 aliphatic carbocycles. The summed E-state index contributed by atoms with van der Waals surface area (Å²) in [6.45, 7) is 10.0. The molecule has 1 heterocycles. The van der Waals surface area contributed by atoms with E-state index in [0.717, 1.165) is 24.2 Å². The Morgan fingerprint density at radius 1 is 1.12 bits per heavy atom. The molecule has 5 heteroatoms. The fourth-order valence-electron chi connectivity index (χ4n) is 3.93. The second-order valence-corrected chi connectivity index (χ2v) is 8.67. The summed E-state index contributed by atoms with van der Waals surface area (Å²) in [6.07, 6.45) is 2.91. The molecule has 2 aromatic carbocycles. The minimum Gasteiger partial charge on any atom is -0.366 e. The first-order chi connectivity index (χ1) is 12.2. The number of aliphatic imine (C=N–C) groups is 1. The molecule has 2 nitrogen and oxygen atoms in total. The van der Waals surface area contributed by atoms with Crippen molar-refractivity contribution in [1.82, 2.24) is 0 Å². The molecule has 3 rings (SSSR count). The number of halogens is 3. The normalized spacial score (nSPS) is 19.0. The van der Waals surface area contributed by atoms with Crippen molar-refractivity contribution in [2.24, 2.45) is 4.99 Å². The van der Waals surface area contributed by atoms with Crippen LogP contribution in [-0.2, 0) is 0 Å². The van der Waals surface area contributed by atoms with Crippen LogP contribution >= 0.6 is 34.8 Å². The van der Waals surface area contributed by atoms with Crippen molar-refractivity contribution in [3.05, 3.63) is 56.5 Å². The first-order valence-corrected chi connectivity index (χ1v) is 9.96. The number of benzene rings is 2. The molecule has 0 saturated carbocycles. The minimum absolute atomic E-state index is 0.125. The molecule has 1 unspecified atom stereocenters. The van der Waals surface area contributed by atoms with Gasteiger partial charge in [-0.2, -0.15) is 0 Å². The van der Waals surface area contributed by atoms with Crippen LogP contribution in [0.1, 0.15) is 51.2 Å². The summed E-state index contributed by atoms with van der Waals surface area (Å²) in [5.41, 5.74) is 4.34. The molecule has 0 saturated heterocycles. The third kappa shape index (κ3) is 3.74. The highest BCUT2D eigenvalue weighted by Gasteiger charge is 2.35. The third-order valence-corrected chi connectivity index (χ3v) is 6.14. The lowest BCUT2D eigenvalue weighted by Gasteiger charge is -2.47. The average molecular weight is 410 g/mol. The number of anilines is 1. The van der Waals surface area contributed by atoms with E-state index >= 15 is 0 Å². The minimum atomic E-state index is 0.125. The quantitative estimate of drug-likeness (QED) is 0.479. The molecule has 2 aromatic rings. The van der Waals surface area contributed by atoms with Crippen LogP contribution in [0.4, 0.5) is 11.4 Å². The number of nitrogens with zero attached hydrogens (tertiary/aromatic N) is 2. The molecule has 1 atom stereocenters. The SMILES string of the molecule is CCN1c2cc(Cl)c(C=Nc3ccc(Cl)c(Cl)c3)cc2C(C)CC1(C)C. The van der Waals surface area contributed by atoms with E-state index < -0.39 is 0 Å². The van der Waals surface area contributed by atoms with Gasteiger partial charge in [0.05, 0.1) is 20.8 Å². The molecule has 0 amide bonds. The van der Waals surface area contributed by atoms with E-state index in [1.165, 1.54) is 11.3 Å². The molecule has 1 aliphatic rings. The van der Waals surface area contributed by atoms with E-state index in [1.54, 1.807) is 18.3 Å². The first kappa shape index (κ1) is 19.5. The number of rotatable bonds is 3. The smallest absolute Gasteiger partial charge is 0.0645 e. The Kier molecular flexibility index (Phi) is 5.58. The predicted octanol–water partition coefficient (Wildman–Crippen LogP) is 7.51. The van der Waals surface area contributed by atoms with E-state index in [1.807, 2.05) is 6.07 Å². The molecule has 138 valence electrons. The fraction of sp³-hybridized carbons (Fsp3) is 0.381. The van der Waals surface area contributed by atoms with E-state index in [2.05, 4.69) is 49.7 Å². The maximum absolute atomic E-state index is 6.58. The van der Waals surface area contributed by atoms with Gasteiger partial charge in [0.15, 0.2) is 0 Å². The maximum atomic E-state index is 6.58. The van der Waals surface area contributed by atoms with Gasteiger partial charge in [0.1, 0.15) is 0 Å². The van der Waals surface area contributed by atoms with Gasteiger partial charge in [-0.25, -0.2) is 0 Å². The Morgan fingerprint density at radius 3 is 2.50 bits per heavy atom. The van der Waals surface area contributed by atoms with Gasteiger partial charge in [0.2, 0.25) is 0 Å². The van der Waals surface area contributed by atoms with Crippen LogP contribution < -0.4 is 4.90 Å². The second kappa shape index (κ2) is 7.42. The molecule has 26 heavy (non-hydrogen) atoms. The summed E-state index contributed by atoms with van der Waals surface area (Å²) in [5, 5.41) is 1.72. The van der Waals surface area contributed by atoms with Crippen molar-refractivity contribution in [1.29, 1.82) is 0 Å². The van der Waals surface area contributed by atoms with Crippen LogP contribution in [0.2, 0.25) is 15.1 Å². The van der Waals surface area contributed by atoms with Gasteiger partial charge in [-0.05, 0) is 69.0 Å². The van der Waals surface area contributed by atoms with E-state index in [-0.39, 0.29) is 5.54 Å². The van der Waals surface area contributed by atoms with Crippen LogP contribution in [0.5, 0.6) is 0 Å². The summed E-state index contributed by atoms with van der Waals surface area (Å²) in [5.74, 6) is 0.470. The van der Waals surface area contributed by atoms with Gasteiger partial charge in [0, 0.05) is 29.5 Å². The molecule has 0 spiro atoms. The highest BCUT2D eigenvalue weighted by molar-refractivity contribution is 6.42. The molecule has 0 N–H and O–H groups in total. The van der Waals surface area contributed by atoms with Gasteiger partial charge in [0.25, 0.3) is 0 Å². The van der Waals surface area contributed by atoms with Crippen molar-refractivity contribution in [3.8, 4) is 0 Å². The molecular formula is C21H23Cl3N2. The standard InChI is InChI=1S/C21H23Cl3N2/c1-5-26-20-10-18(23)14(8-16(20)13(2)11-21(26,3)4)12-25-15-6-7-17(22)19(24)9-15/h6-10,12-13H,5,11H2,1-4H3. The average Bonchev–Trinajstić information content (AvgIpc) is 2.56. The number of fused-ring (bicyclic) bond motifs is 1. The van der Waals surface area contributed by atoms with Crippen molar-refractivity contribution in [2.75, 3.05) is 11.4 Å². The zero-order chi connectivity index (χ0) is 19.1. The number of hydrogen-bond acceptors (Lipinski definition) is 2. The van der Waals surface area contributed by atoms with E-state index in [9.17, 15) is 0 Å². The van der Waals surface area contributed by atoms with Crippen molar-refractivity contribution >= 4 is 52.4 Å². The van der Waals surface area contributed by atoms with E-state index in [4.69, 9.17) is 34.8 Å². The van der Waals surface area contributed by atoms with Crippen LogP contribution in [0, 0.1) is 0 Å². The largest absolute Gasteiger partial charge is 0.366 e. The van der Waals surface area contributed by atoms with Gasteiger partial charge in [-0.3, -0.25) is 4.99 Å². The first-order valence-electron chi connectivity index (χ1n) is 8.83. The Bertz CT molecular complexity index is 859. The third-order valence-electron chi connectivity index (χ3n) is 5.08. The van der Waals surface area contributed by atoms with Crippen LogP contribution in [-0.4, -0.2) is 18.3 Å². The molecular weight excluding hydrogens is 387 g/mol. The lowest BCUT2D eigenvalue weighted by molar-refractivity contribution is 0.381. The molecule has 1 aliphatic heterocycles. The van der Waals surface area contributed by atoms with Gasteiger partial charge >= 0.3 is 0 Å². The Balaban J connectivity index is 1.99. The zero-order valence-electron chi connectivity index (χ0n) is 15.5. The van der Waals surface area contributed by atoms with Gasteiger partial charge < -0.3 is 4.90 Å². The van der Waals surface area contributed by atoms with Crippen molar-refractivity contribution in [2.45, 2.75) is 45.6 Å². The van der Waals surface area contributed by atoms with Crippen molar-refractivity contribution in [3.63, 3.8) is 0 Å². The predicted molar refractivity (Wildman–Crippen MR) is 115 cm³/mol. The summed E-state index contributed by atoms with van der Waals surface area (Å²) in [6, 6.07) is 9.57. The van der Waals surface area contributed by atoms with Gasteiger partial charge in [-0.1, -0.05) is 41.7 Å². The molecule has 0 fully saturated rings. The zero-order valence-corrected chi connectivity index (χ0v) is 17.8. The topological polar surface area (TPSA) is 15.6 Å². The summed E-state index contributed by atoms with van der Waals surface area (Å²) >= 11 is 18.6. The highest BCUT2D eigenvalue weighted by Crippen LogP contribution is 2.44. The molecule has 0 aromatic heterocycles.